The Balaban J connectivity index is 1.61. The minimum absolute atomic E-state index is 0.0496. The van der Waals surface area contributed by atoms with Crippen LogP contribution in [0.3, 0.4) is 0 Å². The lowest BCUT2D eigenvalue weighted by atomic mass is 9.77. The van der Waals surface area contributed by atoms with Crippen LogP contribution in [0.25, 0.3) is 0 Å². The van der Waals surface area contributed by atoms with Gasteiger partial charge in [-0.05, 0) is 44.0 Å². The molecule has 0 radical (unpaired) electrons. The van der Waals surface area contributed by atoms with Gasteiger partial charge in [0.25, 0.3) is 0 Å². The number of ether oxygens (including phenoxy) is 1. The van der Waals surface area contributed by atoms with Crippen LogP contribution in [-0.2, 0) is 16.0 Å². The molecule has 2 heterocycles. The van der Waals surface area contributed by atoms with E-state index in [1.165, 1.54) is 0 Å². The van der Waals surface area contributed by atoms with Crippen molar-refractivity contribution in [3.63, 3.8) is 0 Å². The number of nitrogens with zero attached hydrogens (tertiary/aromatic N) is 1. The molecule has 0 aliphatic carbocycles. The van der Waals surface area contributed by atoms with Crippen molar-refractivity contribution in [1.82, 2.24) is 10.2 Å². The molecule has 1 amide bonds. The van der Waals surface area contributed by atoms with Crippen LogP contribution < -0.4 is 5.32 Å². The molecule has 2 saturated heterocycles. The lowest BCUT2D eigenvalue weighted by Gasteiger charge is -2.48. The maximum Gasteiger partial charge on any atom is 0.226 e. The standard InChI is InChI=1S/C20H30N2O3/c1-16-5-3-4-6-17(16)13-18(23)22(2)15-19(24)9-12-25-20(14-19)7-10-21-11-8-20/h3-6,21,24H,7-15H2,1-2H3. The molecule has 0 aromatic heterocycles. The second-order valence-corrected chi connectivity index (χ2v) is 7.79. The van der Waals surface area contributed by atoms with E-state index >= 15 is 0 Å². The zero-order valence-electron chi connectivity index (χ0n) is 15.4. The maximum atomic E-state index is 12.6. The van der Waals surface area contributed by atoms with E-state index in [1.807, 2.05) is 31.2 Å². The first kappa shape index (κ1) is 18.4. The Morgan fingerprint density at radius 3 is 2.72 bits per heavy atom. The SMILES string of the molecule is Cc1ccccc1CC(=O)N(C)CC1(O)CCOC2(CCNCC2)C1. The van der Waals surface area contributed by atoms with Crippen LogP contribution in [0.15, 0.2) is 24.3 Å². The van der Waals surface area contributed by atoms with Gasteiger partial charge in [-0.1, -0.05) is 24.3 Å². The lowest BCUT2D eigenvalue weighted by Crippen LogP contribution is -2.57. The van der Waals surface area contributed by atoms with E-state index in [0.29, 0.717) is 32.4 Å². The summed E-state index contributed by atoms with van der Waals surface area (Å²) in [6.07, 6.45) is 3.44. The number of hydrogen-bond donors (Lipinski definition) is 2. The first-order valence-electron chi connectivity index (χ1n) is 9.27. The molecule has 2 aliphatic rings. The van der Waals surface area contributed by atoms with Crippen molar-refractivity contribution in [3.8, 4) is 0 Å². The summed E-state index contributed by atoms with van der Waals surface area (Å²) in [4.78, 5) is 14.3. The van der Waals surface area contributed by atoms with Gasteiger partial charge in [-0.15, -0.1) is 0 Å². The smallest absolute Gasteiger partial charge is 0.226 e. The van der Waals surface area contributed by atoms with Gasteiger partial charge in [0.05, 0.1) is 24.2 Å². The summed E-state index contributed by atoms with van der Waals surface area (Å²) >= 11 is 0. The zero-order chi connectivity index (χ0) is 17.9. The third-order valence-corrected chi connectivity index (χ3v) is 5.70. The van der Waals surface area contributed by atoms with Crippen molar-refractivity contribution in [1.29, 1.82) is 0 Å². The van der Waals surface area contributed by atoms with Gasteiger partial charge in [-0.2, -0.15) is 0 Å². The summed E-state index contributed by atoms with van der Waals surface area (Å²) in [7, 11) is 1.79. The van der Waals surface area contributed by atoms with E-state index in [2.05, 4.69) is 5.32 Å². The minimum atomic E-state index is -0.855. The Bertz CT molecular complexity index is 607. The molecule has 3 rings (SSSR count). The number of likely N-dealkylation sites (N-methyl/N-ethyl adjacent to an activating group) is 1. The highest BCUT2D eigenvalue weighted by atomic mass is 16.5. The predicted octanol–water partition coefficient (Wildman–Crippen LogP) is 1.66. The molecule has 25 heavy (non-hydrogen) atoms. The number of nitrogens with one attached hydrogen (secondary N) is 1. The van der Waals surface area contributed by atoms with Crippen LogP contribution in [-0.4, -0.2) is 60.4 Å². The number of rotatable bonds is 4. The summed E-state index contributed by atoms with van der Waals surface area (Å²) in [5, 5.41) is 14.5. The van der Waals surface area contributed by atoms with Crippen molar-refractivity contribution in [2.24, 2.45) is 0 Å². The number of aryl methyl sites for hydroxylation is 1. The third kappa shape index (κ3) is 4.40. The Hall–Kier alpha value is -1.43. The maximum absolute atomic E-state index is 12.6. The van der Waals surface area contributed by atoms with Gasteiger partial charge in [0.15, 0.2) is 0 Å². The lowest BCUT2D eigenvalue weighted by molar-refractivity contribution is -0.177. The van der Waals surface area contributed by atoms with Gasteiger partial charge in [0.2, 0.25) is 5.91 Å². The largest absolute Gasteiger partial charge is 0.388 e. The monoisotopic (exact) mass is 346 g/mol. The summed E-state index contributed by atoms with van der Waals surface area (Å²) in [6.45, 7) is 4.82. The van der Waals surface area contributed by atoms with Crippen molar-refractivity contribution in [2.45, 2.75) is 50.2 Å². The molecule has 5 heteroatoms. The molecule has 0 saturated carbocycles. The van der Waals surface area contributed by atoms with E-state index in [4.69, 9.17) is 4.74 Å². The molecule has 1 unspecified atom stereocenters. The van der Waals surface area contributed by atoms with Crippen LogP contribution in [0, 0.1) is 6.92 Å². The molecule has 1 aromatic carbocycles. The van der Waals surface area contributed by atoms with Gasteiger partial charge >= 0.3 is 0 Å². The molecular weight excluding hydrogens is 316 g/mol. The predicted molar refractivity (Wildman–Crippen MR) is 97.5 cm³/mol. The summed E-state index contributed by atoms with van der Waals surface area (Å²) in [6, 6.07) is 7.96. The first-order valence-corrected chi connectivity index (χ1v) is 9.27. The van der Waals surface area contributed by atoms with Crippen molar-refractivity contribution < 1.29 is 14.6 Å². The fourth-order valence-corrected chi connectivity index (χ4v) is 4.17. The minimum Gasteiger partial charge on any atom is -0.388 e. The fraction of sp³-hybridized carbons (Fsp3) is 0.650. The molecule has 2 fully saturated rings. The molecule has 1 atom stereocenters. The van der Waals surface area contributed by atoms with Crippen molar-refractivity contribution in [3.05, 3.63) is 35.4 Å². The number of amides is 1. The zero-order valence-corrected chi connectivity index (χ0v) is 15.4. The number of carbonyl (C=O) groups excluding carboxylic acids is 1. The fourth-order valence-electron chi connectivity index (χ4n) is 4.17. The Morgan fingerprint density at radius 2 is 2.00 bits per heavy atom. The van der Waals surface area contributed by atoms with Crippen LogP contribution in [0.2, 0.25) is 0 Å². The van der Waals surface area contributed by atoms with E-state index in [-0.39, 0.29) is 11.5 Å². The molecule has 0 bridgehead atoms. The van der Waals surface area contributed by atoms with Crippen LogP contribution in [0.1, 0.15) is 36.8 Å². The Labute approximate surface area is 150 Å². The van der Waals surface area contributed by atoms with Crippen LogP contribution in [0.5, 0.6) is 0 Å². The highest BCUT2D eigenvalue weighted by Crippen LogP contribution is 2.38. The number of benzene rings is 1. The Morgan fingerprint density at radius 1 is 1.28 bits per heavy atom. The average molecular weight is 346 g/mol. The average Bonchev–Trinajstić information content (AvgIpc) is 2.57. The number of piperidine rings is 1. The molecule has 1 aromatic rings. The molecule has 2 aliphatic heterocycles. The second kappa shape index (κ2) is 7.44. The summed E-state index contributed by atoms with van der Waals surface area (Å²) in [5.74, 6) is 0.0496. The number of hydrogen-bond acceptors (Lipinski definition) is 4. The topological polar surface area (TPSA) is 61.8 Å². The van der Waals surface area contributed by atoms with Crippen LogP contribution in [0.4, 0.5) is 0 Å². The molecule has 1 spiro atoms. The van der Waals surface area contributed by atoms with Crippen molar-refractivity contribution >= 4 is 5.91 Å². The molecule has 2 N–H and O–H groups in total. The van der Waals surface area contributed by atoms with Gasteiger partial charge in [0.1, 0.15) is 0 Å². The molecule has 5 nitrogen and oxygen atoms in total. The van der Waals surface area contributed by atoms with E-state index in [0.717, 1.165) is 37.1 Å². The molecule has 138 valence electrons. The van der Waals surface area contributed by atoms with Gasteiger partial charge < -0.3 is 20.1 Å². The van der Waals surface area contributed by atoms with Crippen molar-refractivity contribution in [2.75, 3.05) is 33.3 Å². The number of carbonyl (C=O) groups is 1. The normalized spacial score (nSPS) is 25.7. The van der Waals surface area contributed by atoms with Gasteiger partial charge in [-0.25, -0.2) is 0 Å². The Kier molecular flexibility index (Phi) is 5.46. The van der Waals surface area contributed by atoms with E-state index < -0.39 is 5.60 Å². The quantitative estimate of drug-likeness (QED) is 0.870. The number of aliphatic hydroxyl groups is 1. The second-order valence-electron chi connectivity index (χ2n) is 7.79. The van der Waals surface area contributed by atoms with Gasteiger partial charge in [-0.3, -0.25) is 4.79 Å². The summed E-state index contributed by atoms with van der Waals surface area (Å²) in [5.41, 5.74) is 1.10. The van der Waals surface area contributed by atoms with E-state index in [9.17, 15) is 9.90 Å². The van der Waals surface area contributed by atoms with Crippen LogP contribution >= 0.6 is 0 Å². The third-order valence-electron chi connectivity index (χ3n) is 5.70. The first-order chi connectivity index (χ1) is 11.9. The highest BCUT2D eigenvalue weighted by molar-refractivity contribution is 5.79. The molecular formula is C20H30N2O3. The van der Waals surface area contributed by atoms with E-state index in [1.54, 1.807) is 11.9 Å². The van der Waals surface area contributed by atoms with Gasteiger partial charge in [0, 0.05) is 26.4 Å². The highest BCUT2D eigenvalue weighted by Gasteiger charge is 2.46. The summed E-state index contributed by atoms with van der Waals surface area (Å²) < 4.78 is 6.05.